The molecule has 0 aliphatic rings. The molecule has 0 aromatic heterocycles. The zero-order valence-corrected chi connectivity index (χ0v) is 22.8. The molecule has 0 rings (SSSR count). The van der Waals surface area contributed by atoms with Gasteiger partial charge in [-0.05, 0) is 13.3 Å². The predicted octanol–water partition coefficient (Wildman–Crippen LogP) is -0.743. The van der Waals surface area contributed by atoms with Gasteiger partial charge in [0.1, 0.15) is 13.2 Å². The van der Waals surface area contributed by atoms with Crippen LogP contribution in [0.3, 0.4) is 0 Å². The molecule has 0 bridgehead atoms. The smallest absolute Gasteiger partial charge is 0.260 e. The second kappa shape index (κ2) is 29.2. The normalized spacial score (nSPS) is 11.0. The lowest BCUT2D eigenvalue weighted by atomic mass is 10.3. The molecule has 0 radical (unpaired) electrons. The fourth-order valence-electron chi connectivity index (χ4n) is 2.47. The molecule has 0 spiro atoms. The number of nitrogens with zero attached hydrogens (tertiary/aromatic N) is 1. The highest BCUT2D eigenvalue weighted by atomic mass is 16.6. The highest BCUT2D eigenvalue weighted by molar-refractivity contribution is 5.79. The van der Waals surface area contributed by atoms with Gasteiger partial charge in [-0.2, -0.15) is 0 Å². The number of amides is 3. The van der Waals surface area contributed by atoms with Gasteiger partial charge >= 0.3 is 0 Å². The van der Waals surface area contributed by atoms with Crippen LogP contribution in [0.5, 0.6) is 0 Å². The molecule has 0 fully saturated rings. The molecule has 0 saturated carbocycles. The number of nitrogens with one attached hydrogen (secondary N) is 3. The molecule has 0 atom stereocenters. The molecule has 0 aliphatic heterocycles. The molecule has 14 nitrogen and oxygen atoms in total. The Morgan fingerprint density at radius 1 is 0.579 bits per heavy atom. The van der Waals surface area contributed by atoms with Crippen LogP contribution in [0.15, 0.2) is 5.16 Å². The first-order chi connectivity index (χ1) is 18.6. The van der Waals surface area contributed by atoms with E-state index < -0.39 is 0 Å². The van der Waals surface area contributed by atoms with Crippen molar-refractivity contribution in [1.29, 1.82) is 0 Å². The van der Waals surface area contributed by atoms with Crippen molar-refractivity contribution in [2.75, 3.05) is 106 Å². The molecule has 0 aromatic rings. The van der Waals surface area contributed by atoms with Gasteiger partial charge in [-0.15, -0.1) is 0 Å². The quantitative estimate of drug-likeness (QED) is 0.0642. The van der Waals surface area contributed by atoms with E-state index in [0.29, 0.717) is 85.7 Å². The van der Waals surface area contributed by atoms with Crippen LogP contribution in [0.1, 0.15) is 26.7 Å². The Morgan fingerprint density at radius 3 is 1.39 bits per heavy atom. The van der Waals surface area contributed by atoms with Gasteiger partial charge in [0.15, 0.2) is 6.61 Å². The molecule has 0 heterocycles. The third-order valence-corrected chi connectivity index (χ3v) is 4.32. The average molecular weight is 551 g/mol. The number of oxime groups is 1. The molecule has 3 amide bonds. The lowest BCUT2D eigenvalue weighted by molar-refractivity contribution is -0.131. The number of hydrogen-bond donors (Lipinski definition) is 3. The first-order valence-corrected chi connectivity index (χ1v) is 13.0. The van der Waals surface area contributed by atoms with Crippen LogP contribution in [0.4, 0.5) is 0 Å². The fraction of sp³-hybridized carbons (Fsp3) is 0.833. The Bertz CT molecular complexity index is 611. The minimum atomic E-state index is -0.300. The lowest BCUT2D eigenvalue weighted by Gasteiger charge is -2.09. The van der Waals surface area contributed by atoms with Crippen LogP contribution < -0.4 is 16.0 Å². The molecule has 3 N–H and O–H groups in total. The van der Waals surface area contributed by atoms with Crippen molar-refractivity contribution in [2.24, 2.45) is 5.16 Å². The van der Waals surface area contributed by atoms with Crippen molar-refractivity contribution in [1.82, 2.24) is 16.0 Å². The van der Waals surface area contributed by atoms with Crippen molar-refractivity contribution in [3.63, 3.8) is 0 Å². The highest BCUT2D eigenvalue weighted by Gasteiger charge is 2.04. The maximum atomic E-state index is 11.6. The van der Waals surface area contributed by atoms with E-state index in [1.807, 2.05) is 6.92 Å². The van der Waals surface area contributed by atoms with Crippen LogP contribution >= 0.6 is 0 Å². The SMILES string of the molecule is C/C=N/OCC(=O)NCCOCCOCCOCCOCCOCCNC(=O)COCC(=O)NCCCC. The van der Waals surface area contributed by atoms with E-state index in [2.05, 4.69) is 21.1 Å². The number of unbranched alkanes of at least 4 members (excludes halogenated alkanes) is 1. The minimum Gasteiger partial charge on any atom is -0.386 e. The minimum absolute atomic E-state index is 0.117. The average Bonchev–Trinajstić information content (AvgIpc) is 2.90. The Morgan fingerprint density at radius 2 is 0.974 bits per heavy atom. The van der Waals surface area contributed by atoms with E-state index in [1.165, 1.54) is 6.21 Å². The van der Waals surface area contributed by atoms with Crippen molar-refractivity contribution in [3.8, 4) is 0 Å². The van der Waals surface area contributed by atoms with Crippen LogP contribution in [0.2, 0.25) is 0 Å². The first-order valence-electron chi connectivity index (χ1n) is 13.0. The predicted molar refractivity (Wildman–Crippen MR) is 139 cm³/mol. The van der Waals surface area contributed by atoms with Crippen LogP contribution in [0, 0.1) is 0 Å². The van der Waals surface area contributed by atoms with E-state index in [0.717, 1.165) is 12.8 Å². The van der Waals surface area contributed by atoms with Crippen molar-refractivity contribution < 1.29 is 47.6 Å². The standard InChI is InChI=1S/C24H46N4O10/c1-3-5-6-25-22(29)19-37-20-23(30)26-7-9-32-11-13-34-15-17-36-18-16-35-14-12-33-10-8-27-24(31)21-38-28-4-2/h4H,3,5-21H2,1-2H3,(H,25,29)(H,26,30)(H,27,31)/b28-4+. The van der Waals surface area contributed by atoms with Gasteiger partial charge in [-0.3, -0.25) is 14.4 Å². The van der Waals surface area contributed by atoms with Gasteiger partial charge in [0, 0.05) is 25.8 Å². The van der Waals surface area contributed by atoms with Crippen LogP contribution in [0.25, 0.3) is 0 Å². The van der Waals surface area contributed by atoms with Gasteiger partial charge in [-0.25, -0.2) is 0 Å². The zero-order chi connectivity index (χ0) is 27.9. The topological polar surface area (TPSA) is 164 Å². The van der Waals surface area contributed by atoms with Gasteiger partial charge in [0.05, 0.1) is 66.1 Å². The third kappa shape index (κ3) is 28.2. The molecule has 222 valence electrons. The van der Waals surface area contributed by atoms with Crippen molar-refractivity contribution >= 4 is 23.9 Å². The molecular formula is C24H46N4O10. The Labute approximate surface area is 225 Å². The third-order valence-electron chi connectivity index (χ3n) is 4.32. The Balaban J connectivity index is 3.23. The summed E-state index contributed by atoms with van der Waals surface area (Å²) in [4.78, 5) is 39.1. The summed E-state index contributed by atoms with van der Waals surface area (Å²) in [6, 6.07) is 0. The van der Waals surface area contributed by atoms with Gasteiger partial charge < -0.3 is 49.2 Å². The van der Waals surface area contributed by atoms with E-state index >= 15 is 0 Å². The van der Waals surface area contributed by atoms with Gasteiger partial charge in [-0.1, -0.05) is 18.5 Å². The number of ether oxygens (including phenoxy) is 6. The molecular weight excluding hydrogens is 504 g/mol. The summed E-state index contributed by atoms with van der Waals surface area (Å²) in [6.45, 7) is 8.85. The van der Waals surface area contributed by atoms with E-state index in [9.17, 15) is 14.4 Å². The van der Waals surface area contributed by atoms with Crippen LogP contribution in [-0.4, -0.2) is 129 Å². The largest absolute Gasteiger partial charge is 0.386 e. The highest BCUT2D eigenvalue weighted by Crippen LogP contribution is 1.85. The number of hydrogen-bond acceptors (Lipinski definition) is 11. The fourth-order valence-corrected chi connectivity index (χ4v) is 2.47. The van der Waals surface area contributed by atoms with E-state index in [-0.39, 0.29) is 37.5 Å². The lowest BCUT2D eigenvalue weighted by Crippen LogP contribution is -2.33. The molecule has 14 heteroatoms. The summed E-state index contributed by atoms with van der Waals surface area (Å²) < 4.78 is 32.0. The Hall–Kier alpha value is -2.36. The molecule has 0 saturated heterocycles. The summed E-state index contributed by atoms with van der Waals surface area (Å²) in [7, 11) is 0. The molecule has 0 aliphatic carbocycles. The maximum absolute atomic E-state index is 11.6. The monoisotopic (exact) mass is 550 g/mol. The van der Waals surface area contributed by atoms with Gasteiger partial charge in [0.2, 0.25) is 11.8 Å². The van der Waals surface area contributed by atoms with Gasteiger partial charge in [0.25, 0.3) is 5.91 Å². The number of carbonyl (C=O) groups is 3. The summed E-state index contributed by atoms with van der Waals surface area (Å²) >= 11 is 0. The summed E-state index contributed by atoms with van der Waals surface area (Å²) in [5.41, 5.74) is 0. The molecule has 0 aromatic carbocycles. The summed E-state index contributed by atoms with van der Waals surface area (Å²) in [5, 5.41) is 11.5. The molecule has 0 unspecified atom stereocenters. The number of rotatable bonds is 28. The summed E-state index contributed by atoms with van der Waals surface area (Å²) in [6.07, 6.45) is 3.38. The van der Waals surface area contributed by atoms with Crippen molar-refractivity contribution in [3.05, 3.63) is 0 Å². The Kier molecular flexibility index (Phi) is 27.4. The maximum Gasteiger partial charge on any atom is 0.260 e. The van der Waals surface area contributed by atoms with E-state index in [4.69, 9.17) is 33.3 Å². The first kappa shape index (κ1) is 35.6. The second-order valence-corrected chi connectivity index (χ2v) is 7.60. The second-order valence-electron chi connectivity index (χ2n) is 7.60. The van der Waals surface area contributed by atoms with Crippen LogP contribution in [-0.2, 0) is 47.6 Å². The zero-order valence-electron chi connectivity index (χ0n) is 22.8. The van der Waals surface area contributed by atoms with Crippen molar-refractivity contribution in [2.45, 2.75) is 26.7 Å². The number of carbonyl (C=O) groups excluding carboxylic acids is 3. The summed E-state index contributed by atoms with van der Waals surface area (Å²) in [5.74, 6) is -0.781. The molecule has 38 heavy (non-hydrogen) atoms. The van der Waals surface area contributed by atoms with E-state index in [1.54, 1.807) is 6.92 Å².